The molecule has 0 heterocycles. The maximum Gasteiger partial charge on any atom is 0.0166 e. The van der Waals surface area contributed by atoms with Crippen LogP contribution in [0.25, 0.3) is 0 Å². The average Bonchev–Trinajstić information content (AvgIpc) is 1.61. The number of allylic oxidation sites excluding steroid dienone is 1. The van der Waals surface area contributed by atoms with Gasteiger partial charge in [-0.3, -0.25) is 5.09 Å². The van der Waals surface area contributed by atoms with Crippen LogP contribution in [0.2, 0.25) is 0 Å². The largest absolute Gasteiger partial charge is 0.297 e. The van der Waals surface area contributed by atoms with Crippen LogP contribution in [0.3, 0.4) is 0 Å². The summed E-state index contributed by atoms with van der Waals surface area (Å²) in [5, 5.41) is 2.90. The first-order chi connectivity index (χ1) is 2.91. The van der Waals surface area contributed by atoms with Gasteiger partial charge in [0.15, 0.2) is 0 Å². The highest BCUT2D eigenvalue weighted by Crippen LogP contribution is 1.69. The topological polar surface area (TPSA) is 12.0 Å². The van der Waals surface area contributed by atoms with Crippen LogP contribution in [0, 0.1) is 0 Å². The lowest BCUT2D eigenvalue weighted by Gasteiger charge is -1.81. The van der Waals surface area contributed by atoms with E-state index >= 15 is 0 Å². The lowest BCUT2D eigenvalue weighted by atomic mass is 10.5. The Bertz CT molecular complexity index is 42.8. The molecule has 2 heteroatoms. The number of nitrogens with one attached hydrogen (secondary N) is 1. The van der Waals surface area contributed by atoms with Crippen LogP contribution in [0.1, 0.15) is 6.92 Å². The molecular formula is C4H10NP. The summed E-state index contributed by atoms with van der Waals surface area (Å²) < 4.78 is 0. The summed E-state index contributed by atoms with van der Waals surface area (Å²) in [7, 11) is 2.43. The Morgan fingerprint density at radius 2 is 2.50 bits per heavy atom. The van der Waals surface area contributed by atoms with Crippen molar-refractivity contribution < 1.29 is 0 Å². The van der Waals surface area contributed by atoms with Gasteiger partial charge in [-0.1, -0.05) is 21.5 Å². The van der Waals surface area contributed by atoms with Gasteiger partial charge in [-0.15, -0.1) is 0 Å². The molecule has 0 spiro atoms. The van der Waals surface area contributed by atoms with Crippen LogP contribution in [0.4, 0.5) is 0 Å². The van der Waals surface area contributed by atoms with Crippen LogP contribution in [0.5, 0.6) is 0 Å². The van der Waals surface area contributed by atoms with Crippen LogP contribution in [0.15, 0.2) is 12.2 Å². The van der Waals surface area contributed by atoms with Gasteiger partial charge >= 0.3 is 0 Å². The molecule has 0 saturated heterocycles. The molecule has 0 aromatic carbocycles. The second-order valence-electron chi connectivity index (χ2n) is 0.977. The van der Waals surface area contributed by atoms with Gasteiger partial charge in [-0.05, 0) is 6.92 Å². The van der Waals surface area contributed by atoms with Gasteiger partial charge < -0.3 is 0 Å². The molecule has 1 atom stereocenters. The van der Waals surface area contributed by atoms with Crippen molar-refractivity contribution in [3.63, 3.8) is 0 Å². The maximum absolute atomic E-state index is 2.90. The first kappa shape index (κ1) is 6.13. The minimum atomic E-state index is 0.946. The minimum Gasteiger partial charge on any atom is -0.297 e. The van der Waals surface area contributed by atoms with Gasteiger partial charge in [0, 0.05) is 6.54 Å². The molecule has 0 fully saturated rings. The molecule has 1 unspecified atom stereocenters. The highest BCUT2D eigenvalue weighted by atomic mass is 31.0. The van der Waals surface area contributed by atoms with Crippen molar-refractivity contribution in [2.45, 2.75) is 6.92 Å². The summed E-state index contributed by atoms with van der Waals surface area (Å²) in [6.45, 7) is 2.95. The standard InChI is InChI=1S/C4H10NP/c1-2-3-4-5-6/h2-3,5H,4,6H2,1H3. The normalized spacial score (nSPS) is 10.3. The van der Waals surface area contributed by atoms with Gasteiger partial charge in [-0.25, -0.2) is 0 Å². The molecule has 0 aromatic rings. The Kier molecular flexibility index (Phi) is 5.24. The third-order valence-corrected chi connectivity index (χ3v) is 0.707. The minimum absolute atomic E-state index is 0.946. The molecule has 0 amide bonds. The van der Waals surface area contributed by atoms with Crippen molar-refractivity contribution in [1.29, 1.82) is 0 Å². The SMILES string of the molecule is CC=CCNP. The first-order valence-electron chi connectivity index (χ1n) is 1.96. The predicted octanol–water partition coefficient (Wildman–Crippen LogP) is 0.942. The van der Waals surface area contributed by atoms with E-state index in [9.17, 15) is 0 Å². The van der Waals surface area contributed by atoms with Crippen LogP contribution in [-0.4, -0.2) is 6.54 Å². The Morgan fingerprint density at radius 1 is 1.83 bits per heavy atom. The lowest BCUT2D eigenvalue weighted by Crippen LogP contribution is -1.93. The van der Waals surface area contributed by atoms with E-state index in [0.717, 1.165) is 6.54 Å². The second-order valence-corrected chi connectivity index (χ2v) is 1.39. The summed E-state index contributed by atoms with van der Waals surface area (Å²) in [5.41, 5.74) is 0. The third-order valence-electron chi connectivity index (χ3n) is 0.471. The van der Waals surface area contributed by atoms with Crippen LogP contribution < -0.4 is 5.09 Å². The van der Waals surface area contributed by atoms with Crippen molar-refractivity contribution in [3.05, 3.63) is 12.2 Å². The third kappa shape index (κ3) is 4.13. The molecule has 1 nitrogen and oxygen atoms in total. The fourth-order valence-corrected chi connectivity index (χ4v) is 0.322. The highest BCUT2D eigenvalue weighted by molar-refractivity contribution is 7.13. The van der Waals surface area contributed by atoms with E-state index < -0.39 is 0 Å². The Labute approximate surface area is 41.1 Å². The van der Waals surface area contributed by atoms with Crippen molar-refractivity contribution in [3.8, 4) is 0 Å². The molecule has 0 aliphatic heterocycles. The van der Waals surface area contributed by atoms with E-state index in [-0.39, 0.29) is 0 Å². The molecule has 0 radical (unpaired) electrons. The summed E-state index contributed by atoms with van der Waals surface area (Å²) in [4.78, 5) is 0. The fraction of sp³-hybridized carbons (Fsp3) is 0.500. The van der Waals surface area contributed by atoms with Crippen LogP contribution >= 0.6 is 9.39 Å². The lowest BCUT2D eigenvalue weighted by molar-refractivity contribution is 1.13. The smallest absolute Gasteiger partial charge is 0.0166 e. The van der Waals surface area contributed by atoms with E-state index in [1.54, 1.807) is 0 Å². The van der Waals surface area contributed by atoms with E-state index in [1.165, 1.54) is 0 Å². The van der Waals surface area contributed by atoms with Gasteiger partial charge in [0.2, 0.25) is 0 Å². The molecule has 6 heavy (non-hydrogen) atoms. The molecule has 0 saturated carbocycles. The van der Waals surface area contributed by atoms with Crippen molar-refractivity contribution >= 4 is 9.39 Å². The molecule has 1 N–H and O–H groups in total. The summed E-state index contributed by atoms with van der Waals surface area (Å²) >= 11 is 0. The van der Waals surface area contributed by atoms with Gasteiger partial charge in [-0.2, -0.15) is 0 Å². The monoisotopic (exact) mass is 103 g/mol. The van der Waals surface area contributed by atoms with Crippen molar-refractivity contribution in [1.82, 2.24) is 5.09 Å². The highest BCUT2D eigenvalue weighted by Gasteiger charge is 1.61. The Hall–Kier alpha value is 0.130. The molecule has 0 aliphatic carbocycles. The first-order valence-corrected chi connectivity index (χ1v) is 2.54. The molecule has 36 valence electrons. The molecule has 0 aliphatic rings. The Balaban J connectivity index is 2.66. The van der Waals surface area contributed by atoms with Gasteiger partial charge in [0.25, 0.3) is 0 Å². The summed E-state index contributed by atoms with van der Waals surface area (Å²) in [5.74, 6) is 0. The maximum atomic E-state index is 2.90. The van der Waals surface area contributed by atoms with Crippen molar-refractivity contribution in [2.24, 2.45) is 0 Å². The number of rotatable bonds is 2. The molecule has 0 rings (SSSR count). The zero-order chi connectivity index (χ0) is 4.83. The average molecular weight is 103 g/mol. The van der Waals surface area contributed by atoms with Crippen LogP contribution in [-0.2, 0) is 0 Å². The zero-order valence-corrected chi connectivity index (χ0v) is 5.09. The fourth-order valence-electron chi connectivity index (χ4n) is 0.186. The van der Waals surface area contributed by atoms with Gasteiger partial charge in [0.05, 0.1) is 0 Å². The van der Waals surface area contributed by atoms with Gasteiger partial charge in [0.1, 0.15) is 0 Å². The number of hydrogen-bond acceptors (Lipinski definition) is 1. The molecule has 0 bridgehead atoms. The van der Waals surface area contributed by atoms with E-state index in [4.69, 9.17) is 0 Å². The predicted molar refractivity (Wildman–Crippen MR) is 32.5 cm³/mol. The number of hydrogen-bond donors (Lipinski definition) is 1. The van der Waals surface area contributed by atoms with E-state index in [2.05, 4.69) is 14.5 Å². The summed E-state index contributed by atoms with van der Waals surface area (Å²) in [6, 6.07) is 0. The van der Waals surface area contributed by atoms with Crippen molar-refractivity contribution in [2.75, 3.05) is 6.54 Å². The molecule has 0 aromatic heterocycles. The van der Waals surface area contributed by atoms with E-state index in [1.807, 2.05) is 19.1 Å². The zero-order valence-electron chi connectivity index (χ0n) is 3.94. The summed E-state index contributed by atoms with van der Waals surface area (Å²) in [6.07, 6.45) is 4.06. The molecular weight excluding hydrogens is 93.0 g/mol. The quantitative estimate of drug-likeness (QED) is 0.405. The second kappa shape index (κ2) is 5.13. The van der Waals surface area contributed by atoms with E-state index in [0.29, 0.717) is 0 Å². The Morgan fingerprint density at radius 3 is 2.67 bits per heavy atom.